The lowest BCUT2D eigenvalue weighted by atomic mass is 10.3. The first-order valence-electron chi connectivity index (χ1n) is 4.12. The van der Waals surface area contributed by atoms with Crippen molar-refractivity contribution in [2.45, 2.75) is 30.6 Å². The van der Waals surface area contributed by atoms with Crippen molar-refractivity contribution in [3.63, 3.8) is 0 Å². The molecule has 66 valence electrons. The third-order valence-electron chi connectivity index (χ3n) is 2.13. The predicted molar refractivity (Wildman–Crippen MR) is 50.0 cm³/mol. The molecule has 0 radical (unpaired) electrons. The van der Waals surface area contributed by atoms with Crippen molar-refractivity contribution in [2.24, 2.45) is 0 Å². The Morgan fingerprint density at radius 2 is 2.27 bits per heavy atom. The van der Waals surface area contributed by atoms with Crippen LogP contribution in [-0.4, -0.2) is 35.3 Å². The number of aliphatic hydroxyl groups is 1. The van der Waals surface area contributed by atoms with Crippen molar-refractivity contribution in [3.8, 4) is 0 Å². The number of rotatable bonds is 5. The maximum Gasteiger partial charge on any atom is 0.0636 e. The Bertz CT molecular complexity index is 123. The van der Waals surface area contributed by atoms with E-state index in [2.05, 4.69) is 11.6 Å². The molecule has 0 saturated heterocycles. The summed E-state index contributed by atoms with van der Waals surface area (Å²) in [5.74, 6) is 0. The van der Waals surface area contributed by atoms with Crippen LogP contribution in [0.5, 0.6) is 0 Å². The van der Waals surface area contributed by atoms with Crippen LogP contribution in [-0.2, 0) is 0 Å². The normalized spacial score (nSPS) is 23.2. The average molecular weight is 175 g/mol. The molecule has 0 amide bonds. The number of thioether (sulfide) groups is 1. The van der Waals surface area contributed by atoms with Gasteiger partial charge in [-0.2, -0.15) is 11.8 Å². The monoisotopic (exact) mass is 175 g/mol. The lowest BCUT2D eigenvalue weighted by Gasteiger charge is -2.13. The third-order valence-corrected chi connectivity index (χ3v) is 3.55. The van der Waals surface area contributed by atoms with Gasteiger partial charge in [-0.15, -0.1) is 0 Å². The van der Waals surface area contributed by atoms with Crippen molar-refractivity contribution >= 4 is 11.8 Å². The van der Waals surface area contributed by atoms with E-state index in [0.717, 1.165) is 13.1 Å². The van der Waals surface area contributed by atoms with E-state index in [4.69, 9.17) is 5.11 Å². The molecule has 0 aliphatic heterocycles. The molecular weight excluding hydrogens is 158 g/mol. The number of nitrogens with one attached hydrogen (secondary N) is 1. The van der Waals surface area contributed by atoms with Crippen LogP contribution in [0.25, 0.3) is 0 Å². The maximum absolute atomic E-state index is 8.97. The molecule has 0 spiro atoms. The molecule has 1 aliphatic carbocycles. The minimum Gasteiger partial charge on any atom is -0.392 e. The molecule has 0 aromatic carbocycles. The largest absolute Gasteiger partial charge is 0.392 e. The SMILES string of the molecule is CSC1(CNC[C@H](C)O)CC1. The Labute approximate surface area is 72.8 Å². The van der Waals surface area contributed by atoms with E-state index >= 15 is 0 Å². The van der Waals surface area contributed by atoms with Gasteiger partial charge in [-0.25, -0.2) is 0 Å². The Balaban J connectivity index is 2.03. The minimum atomic E-state index is -0.215. The fourth-order valence-electron chi connectivity index (χ4n) is 1.10. The van der Waals surface area contributed by atoms with E-state index in [1.165, 1.54) is 12.8 Å². The van der Waals surface area contributed by atoms with Gasteiger partial charge in [-0.3, -0.25) is 0 Å². The van der Waals surface area contributed by atoms with Crippen molar-refractivity contribution in [1.29, 1.82) is 0 Å². The molecule has 1 saturated carbocycles. The van der Waals surface area contributed by atoms with Crippen molar-refractivity contribution in [2.75, 3.05) is 19.3 Å². The zero-order valence-electron chi connectivity index (χ0n) is 7.26. The zero-order chi connectivity index (χ0) is 8.32. The van der Waals surface area contributed by atoms with E-state index in [9.17, 15) is 0 Å². The van der Waals surface area contributed by atoms with Crippen LogP contribution in [0.4, 0.5) is 0 Å². The number of aliphatic hydroxyl groups excluding tert-OH is 1. The zero-order valence-corrected chi connectivity index (χ0v) is 8.08. The summed E-state index contributed by atoms with van der Waals surface area (Å²) in [7, 11) is 0. The summed E-state index contributed by atoms with van der Waals surface area (Å²) in [5, 5.41) is 12.2. The molecule has 1 rings (SSSR count). The first kappa shape index (κ1) is 9.36. The molecule has 0 aromatic rings. The Hall–Kier alpha value is 0.270. The molecule has 0 aromatic heterocycles. The van der Waals surface area contributed by atoms with E-state index < -0.39 is 0 Å². The highest BCUT2D eigenvalue weighted by molar-refractivity contribution is 8.00. The van der Waals surface area contributed by atoms with Gasteiger partial charge in [0.1, 0.15) is 0 Å². The lowest BCUT2D eigenvalue weighted by molar-refractivity contribution is 0.191. The molecule has 3 heteroatoms. The van der Waals surface area contributed by atoms with Gasteiger partial charge in [-0.1, -0.05) is 0 Å². The molecule has 1 fully saturated rings. The Kier molecular flexibility index (Phi) is 3.22. The number of hydrogen-bond acceptors (Lipinski definition) is 3. The van der Waals surface area contributed by atoms with Crippen LogP contribution < -0.4 is 5.32 Å². The molecule has 0 bridgehead atoms. The molecule has 0 unspecified atom stereocenters. The van der Waals surface area contributed by atoms with E-state index in [1.54, 1.807) is 0 Å². The van der Waals surface area contributed by atoms with Crippen LogP contribution in [0.2, 0.25) is 0 Å². The number of hydrogen-bond donors (Lipinski definition) is 2. The second kappa shape index (κ2) is 3.78. The van der Waals surface area contributed by atoms with Crippen LogP contribution >= 0.6 is 11.8 Å². The lowest BCUT2D eigenvalue weighted by Crippen LogP contribution is -2.31. The maximum atomic E-state index is 8.97. The van der Waals surface area contributed by atoms with Crippen LogP contribution in [0.3, 0.4) is 0 Å². The summed E-state index contributed by atoms with van der Waals surface area (Å²) in [6.45, 7) is 3.59. The summed E-state index contributed by atoms with van der Waals surface area (Å²) in [5.41, 5.74) is 0. The van der Waals surface area contributed by atoms with Crippen molar-refractivity contribution in [3.05, 3.63) is 0 Å². The molecule has 0 heterocycles. The van der Waals surface area contributed by atoms with Gasteiger partial charge in [-0.05, 0) is 26.0 Å². The van der Waals surface area contributed by atoms with Crippen molar-refractivity contribution in [1.82, 2.24) is 5.32 Å². The fourth-order valence-corrected chi connectivity index (χ4v) is 1.86. The molecule has 1 atom stereocenters. The predicted octanol–water partition coefficient (Wildman–Crippen LogP) is 0.852. The highest BCUT2D eigenvalue weighted by atomic mass is 32.2. The van der Waals surface area contributed by atoms with Crippen LogP contribution in [0.1, 0.15) is 19.8 Å². The minimum absolute atomic E-state index is 0.215. The molecule has 1 aliphatic rings. The van der Waals surface area contributed by atoms with Gasteiger partial charge in [0.05, 0.1) is 6.10 Å². The topological polar surface area (TPSA) is 32.3 Å². The van der Waals surface area contributed by atoms with Gasteiger partial charge in [0, 0.05) is 17.8 Å². The summed E-state index contributed by atoms with van der Waals surface area (Å²) >= 11 is 1.95. The van der Waals surface area contributed by atoms with Gasteiger partial charge in [0.25, 0.3) is 0 Å². The first-order valence-corrected chi connectivity index (χ1v) is 5.35. The second-order valence-corrected chi connectivity index (χ2v) is 4.64. The summed E-state index contributed by atoms with van der Waals surface area (Å²) in [6.07, 6.45) is 4.62. The standard InChI is InChI=1S/C8H17NOS/c1-7(10)5-9-6-8(11-2)3-4-8/h7,9-10H,3-6H2,1-2H3/t7-/m0/s1. The summed E-state index contributed by atoms with van der Waals surface area (Å²) < 4.78 is 0.523. The smallest absolute Gasteiger partial charge is 0.0636 e. The van der Waals surface area contributed by atoms with Crippen molar-refractivity contribution < 1.29 is 5.11 Å². The van der Waals surface area contributed by atoms with E-state index in [0.29, 0.717) is 4.75 Å². The van der Waals surface area contributed by atoms with Gasteiger partial charge >= 0.3 is 0 Å². The molecule has 2 nitrogen and oxygen atoms in total. The molecular formula is C8H17NOS. The van der Waals surface area contributed by atoms with Crippen LogP contribution in [0, 0.1) is 0 Å². The van der Waals surface area contributed by atoms with Gasteiger partial charge < -0.3 is 10.4 Å². The highest BCUT2D eigenvalue weighted by Gasteiger charge is 2.41. The quantitative estimate of drug-likeness (QED) is 0.650. The average Bonchev–Trinajstić information content (AvgIpc) is 2.69. The second-order valence-electron chi connectivity index (χ2n) is 3.37. The van der Waals surface area contributed by atoms with E-state index in [1.807, 2.05) is 18.7 Å². The Morgan fingerprint density at radius 1 is 1.64 bits per heavy atom. The highest BCUT2D eigenvalue weighted by Crippen LogP contribution is 2.46. The Morgan fingerprint density at radius 3 is 2.64 bits per heavy atom. The molecule has 11 heavy (non-hydrogen) atoms. The first-order chi connectivity index (χ1) is 5.18. The van der Waals surface area contributed by atoms with E-state index in [-0.39, 0.29) is 6.10 Å². The fraction of sp³-hybridized carbons (Fsp3) is 1.00. The summed E-state index contributed by atoms with van der Waals surface area (Å²) in [6, 6.07) is 0. The van der Waals surface area contributed by atoms with Gasteiger partial charge in [0.15, 0.2) is 0 Å². The van der Waals surface area contributed by atoms with Gasteiger partial charge in [0.2, 0.25) is 0 Å². The van der Waals surface area contributed by atoms with Crippen LogP contribution in [0.15, 0.2) is 0 Å². The molecule has 2 N–H and O–H groups in total. The third kappa shape index (κ3) is 3.01. The summed E-state index contributed by atoms with van der Waals surface area (Å²) in [4.78, 5) is 0.